The van der Waals surface area contributed by atoms with Crippen molar-refractivity contribution in [1.82, 2.24) is 10.3 Å². The Morgan fingerprint density at radius 3 is 2.47 bits per heavy atom. The van der Waals surface area contributed by atoms with Gasteiger partial charge in [0.1, 0.15) is 4.88 Å². The summed E-state index contributed by atoms with van der Waals surface area (Å²) in [6.45, 7) is 6.42. The van der Waals surface area contributed by atoms with Crippen LogP contribution in [0.5, 0.6) is 0 Å². The van der Waals surface area contributed by atoms with E-state index in [0.29, 0.717) is 11.4 Å². The van der Waals surface area contributed by atoms with Gasteiger partial charge < -0.3 is 11.1 Å². The van der Waals surface area contributed by atoms with Gasteiger partial charge in [-0.15, -0.1) is 23.7 Å². The van der Waals surface area contributed by atoms with Crippen LogP contribution in [0.3, 0.4) is 0 Å². The Bertz CT molecular complexity index is 355. The fourth-order valence-electron chi connectivity index (χ4n) is 1.54. The molecule has 0 unspecified atom stereocenters. The first-order chi connectivity index (χ1) is 7.56. The second-order valence-corrected chi connectivity index (χ2v) is 5.12. The molecule has 0 fully saturated rings. The van der Waals surface area contributed by atoms with E-state index in [1.807, 2.05) is 20.8 Å². The zero-order valence-electron chi connectivity index (χ0n) is 10.4. The second-order valence-electron chi connectivity index (χ2n) is 3.89. The Morgan fingerprint density at radius 2 is 2.12 bits per heavy atom. The van der Waals surface area contributed by atoms with E-state index in [1.54, 1.807) is 6.20 Å². The molecule has 6 heteroatoms. The number of rotatable bonds is 5. The van der Waals surface area contributed by atoms with E-state index in [-0.39, 0.29) is 23.9 Å². The van der Waals surface area contributed by atoms with Crippen molar-refractivity contribution in [2.75, 3.05) is 6.54 Å². The third-order valence-corrected chi connectivity index (χ3v) is 3.88. The predicted octanol–water partition coefficient (Wildman–Crippen LogP) is 2.12. The van der Waals surface area contributed by atoms with Gasteiger partial charge in [-0.3, -0.25) is 4.79 Å². The van der Waals surface area contributed by atoms with Crippen molar-refractivity contribution in [3.8, 4) is 0 Å². The maximum Gasteiger partial charge on any atom is 0.263 e. The summed E-state index contributed by atoms with van der Waals surface area (Å²) >= 11 is 1.40. The molecular weight excluding hydrogens is 258 g/mol. The molecule has 17 heavy (non-hydrogen) atoms. The smallest absolute Gasteiger partial charge is 0.263 e. The van der Waals surface area contributed by atoms with Gasteiger partial charge in [-0.05, 0) is 19.8 Å². The van der Waals surface area contributed by atoms with Gasteiger partial charge >= 0.3 is 0 Å². The first-order valence-corrected chi connectivity index (χ1v) is 6.33. The maximum absolute atomic E-state index is 12.0. The number of nitrogens with zero attached hydrogens (tertiary/aromatic N) is 1. The summed E-state index contributed by atoms with van der Waals surface area (Å²) in [6.07, 6.45) is 3.29. The van der Waals surface area contributed by atoms with Crippen LogP contribution in [0.25, 0.3) is 0 Å². The zero-order valence-corrected chi connectivity index (χ0v) is 12.1. The number of carbonyl (C=O) groups excluding carboxylic acids is 1. The number of halogens is 1. The van der Waals surface area contributed by atoms with E-state index >= 15 is 0 Å². The molecular formula is C11H20ClN3OS. The molecule has 0 aliphatic carbocycles. The first-order valence-electron chi connectivity index (χ1n) is 5.52. The predicted molar refractivity (Wildman–Crippen MR) is 73.9 cm³/mol. The lowest BCUT2D eigenvalue weighted by atomic mass is 9.93. The topological polar surface area (TPSA) is 68.0 Å². The zero-order chi connectivity index (χ0) is 12.2. The summed E-state index contributed by atoms with van der Waals surface area (Å²) in [5, 5.41) is 3.92. The maximum atomic E-state index is 12.0. The molecule has 3 N–H and O–H groups in total. The highest BCUT2D eigenvalue weighted by molar-refractivity contribution is 7.13. The molecule has 0 saturated heterocycles. The Balaban J connectivity index is 0.00000256. The molecule has 1 heterocycles. The number of aryl methyl sites for hydroxylation is 1. The van der Waals surface area contributed by atoms with Gasteiger partial charge in [0.25, 0.3) is 5.91 Å². The molecule has 1 amide bonds. The quantitative estimate of drug-likeness (QED) is 0.866. The molecule has 0 spiro atoms. The van der Waals surface area contributed by atoms with Crippen LogP contribution in [0.15, 0.2) is 6.20 Å². The summed E-state index contributed by atoms with van der Waals surface area (Å²) < 4.78 is 0. The molecule has 0 aliphatic rings. The number of thiazole rings is 1. The van der Waals surface area contributed by atoms with Gasteiger partial charge in [-0.25, -0.2) is 4.98 Å². The monoisotopic (exact) mass is 277 g/mol. The molecule has 1 aromatic rings. The van der Waals surface area contributed by atoms with Crippen LogP contribution in [0.1, 0.15) is 41.4 Å². The largest absolute Gasteiger partial charge is 0.345 e. The summed E-state index contributed by atoms with van der Waals surface area (Å²) in [5.41, 5.74) is 5.45. The lowest BCUT2D eigenvalue weighted by Gasteiger charge is -2.31. The van der Waals surface area contributed by atoms with E-state index in [1.165, 1.54) is 11.3 Å². The summed E-state index contributed by atoms with van der Waals surface area (Å²) in [7, 11) is 0. The number of aromatic nitrogens is 1. The summed E-state index contributed by atoms with van der Waals surface area (Å²) in [5.74, 6) is -0.0697. The van der Waals surface area contributed by atoms with Crippen LogP contribution in [-0.2, 0) is 0 Å². The van der Waals surface area contributed by atoms with Crippen molar-refractivity contribution < 1.29 is 4.79 Å². The average molecular weight is 278 g/mol. The average Bonchev–Trinajstić information content (AvgIpc) is 2.73. The number of hydrogen-bond donors (Lipinski definition) is 2. The molecule has 0 radical (unpaired) electrons. The number of hydrogen-bond acceptors (Lipinski definition) is 4. The molecule has 0 aromatic carbocycles. The highest BCUT2D eigenvalue weighted by atomic mass is 35.5. The van der Waals surface area contributed by atoms with Crippen molar-refractivity contribution >= 4 is 29.7 Å². The molecule has 0 bridgehead atoms. The van der Waals surface area contributed by atoms with E-state index in [0.717, 1.165) is 17.8 Å². The van der Waals surface area contributed by atoms with Crippen molar-refractivity contribution in [2.24, 2.45) is 5.73 Å². The first kappa shape index (κ1) is 16.4. The molecule has 1 rings (SSSR count). The van der Waals surface area contributed by atoms with Crippen molar-refractivity contribution in [1.29, 1.82) is 0 Å². The fourth-order valence-corrected chi connectivity index (χ4v) is 2.21. The van der Waals surface area contributed by atoms with Gasteiger partial charge in [0, 0.05) is 6.54 Å². The molecule has 0 saturated carbocycles. The van der Waals surface area contributed by atoms with Crippen molar-refractivity contribution in [3.63, 3.8) is 0 Å². The minimum absolute atomic E-state index is 0. The van der Waals surface area contributed by atoms with Gasteiger partial charge in [-0.2, -0.15) is 0 Å². The number of amides is 1. The van der Waals surface area contributed by atoms with E-state index in [9.17, 15) is 4.79 Å². The number of nitrogens with one attached hydrogen (secondary N) is 1. The second kappa shape index (κ2) is 6.93. The van der Waals surface area contributed by atoms with Gasteiger partial charge in [0.05, 0.1) is 16.7 Å². The summed E-state index contributed by atoms with van der Waals surface area (Å²) in [6, 6.07) is 0. The Morgan fingerprint density at radius 1 is 1.53 bits per heavy atom. The minimum atomic E-state index is -0.283. The third kappa shape index (κ3) is 3.94. The fraction of sp³-hybridized carbons (Fsp3) is 0.636. The molecule has 1 aromatic heterocycles. The third-order valence-electron chi connectivity index (χ3n) is 2.97. The lowest BCUT2D eigenvalue weighted by Crippen LogP contribution is -2.52. The minimum Gasteiger partial charge on any atom is -0.345 e. The highest BCUT2D eigenvalue weighted by Crippen LogP contribution is 2.17. The van der Waals surface area contributed by atoms with Crippen molar-refractivity contribution in [3.05, 3.63) is 16.1 Å². The van der Waals surface area contributed by atoms with Gasteiger partial charge in [0.15, 0.2) is 0 Å². The molecule has 98 valence electrons. The highest BCUT2D eigenvalue weighted by Gasteiger charge is 2.27. The van der Waals surface area contributed by atoms with E-state index in [2.05, 4.69) is 10.3 Å². The van der Waals surface area contributed by atoms with Crippen LogP contribution in [0, 0.1) is 6.92 Å². The normalized spacial score (nSPS) is 10.8. The Kier molecular flexibility index (Phi) is 6.67. The van der Waals surface area contributed by atoms with Crippen LogP contribution in [0.2, 0.25) is 0 Å². The summed E-state index contributed by atoms with van der Waals surface area (Å²) in [4.78, 5) is 16.7. The molecule has 4 nitrogen and oxygen atoms in total. The van der Waals surface area contributed by atoms with Crippen LogP contribution in [-0.4, -0.2) is 23.0 Å². The van der Waals surface area contributed by atoms with Crippen LogP contribution in [0.4, 0.5) is 0 Å². The van der Waals surface area contributed by atoms with Gasteiger partial charge in [0.2, 0.25) is 0 Å². The Hall–Kier alpha value is -0.650. The van der Waals surface area contributed by atoms with E-state index < -0.39 is 0 Å². The van der Waals surface area contributed by atoms with Gasteiger partial charge in [-0.1, -0.05) is 13.8 Å². The van der Waals surface area contributed by atoms with Crippen molar-refractivity contribution in [2.45, 2.75) is 39.2 Å². The Labute approximate surface area is 112 Å². The SMILES string of the molecule is CCC(CC)(CN)NC(=O)c1cnc(C)s1.Cl. The lowest BCUT2D eigenvalue weighted by molar-refractivity contribution is 0.0899. The van der Waals surface area contributed by atoms with Crippen LogP contribution >= 0.6 is 23.7 Å². The number of carbonyl (C=O) groups is 1. The molecule has 0 aliphatic heterocycles. The molecule has 0 atom stereocenters. The standard InChI is InChI=1S/C11H19N3OS.ClH/c1-4-11(5-2,7-12)14-10(15)9-6-13-8(3)16-9;/h6H,4-5,7,12H2,1-3H3,(H,14,15);1H. The van der Waals surface area contributed by atoms with Crippen LogP contribution < -0.4 is 11.1 Å². The van der Waals surface area contributed by atoms with E-state index in [4.69, 9.17) is 5.73 Å². The number of nitrogens with two attached hydrogens (primary N) is 1.